The monoisotopic (exact) mass is 274 g/mol. The fourth-order valence-electron chi connectivity index (χ4n) is 3.75. The molecule has 4 nitrogen and oxygen atoms in total. The van der Waals surface area contributed by atoms with Gasteiger partial charge in [0.25, 0.3) is 5.91 Å². The summed E-state index contributed by atoms with van der Waals surface area (Å²) in [6, 6.07) is 5.79. The molecule has 2 fully saturated rings. The first-order chi connectivity index (χ1) is 9.72. The van der Waals surface area contributed by atoms with Crippen LogP contribution in [0.2, 0.25) is 0 Å². The molecular weight excluding hydrogens is 252 g/mol. The molecule has 20 heavy (non-hydrogen) atoms. The minimum atomic E-state index is 0.0364. The van der Waals surface area contributed by atoms with Crippen LogP contribution < -0.4 is 10.5 Å². The first-order valence-electron chi connectivity index (χ1n) is 7.46. The van der Waals surface area contributed by atoms with Gasteiger partial charge in [-0.15, -0.1) is 0 Å². The second-order valence-corrected chi connectivity index (χ2v) is 5.82. The van der Waals surface area contributed by atoms with Crippen LogP contribution in [0.5, 0.6) is 5.75 Å². The van der Waals surface area contributed by atoms with Crippen molar-refractivity contribution in [2.75, 3.05) is 19.4 Å². The lowest BCUT2D eigenvalue weighted by molar-refractivity contribution is 0.0688. The van der Waals surface area contributed by atoms with Crippen LogP contribution in [0, 0.1) is 5.92 Å². The van der Waals surface area contributed by atoms with Gasteiger partial charge in [0.05, 0.1) is 7.11 Å². The van der Waals surface area contributed by atoms with Crippen LogP contribution in [0.1, 0.15) is 42.5 Å². The van der Waals surface area contributed by atoms with E-state index in [1.807, 2.05) is 11.0 Å². The smallest absolute Gasteiger partial charge is 0.259 e. The van der Waals surface area contributed by atoms with Crippen LogP contribution in [-0.2, 0) is 0 Å². The van der Waals surface area contributed by atoms with Crippen molar-refractivity contribution in [3.05, 3.63) is 23.8 Å². The number of carbonyl (C=O) groups excluding carboxylic acids is 1. The van der Waals surface area contributed by atoms with E-state index in [-0.39, 0.29) is 5.91 Å². The number of benzene rings is 1. The van der Waals surface area contributed by atoms with Gasteiger partial charge >= 0.3 is 0 Å². The first kappa shape index (κ1) is 13.3. The standard InChI is InChI=1S/C16H22N2O2/c1-20-14-8-4-6-12(17)15(14)16(19)18-10-9-11-5-2-3-7-13(11)18/h4,6,8,11,13H,2-3,5,7,9-10,17H2,1H3. The van der Waals surface area contributed by atoms with Gasteiger partial charge in [0.15, 0.2) is 0 Å². The van der Waals surface area contributed by atoms with Crippen molar-refractivity contribution in [3.63, 3.8) is 0 Å². The Kier molecular flexibility index (Phi) is 3.55. The number of likely N-dealkylation sites (tertiary alicyclic amines) is 1. The molecule has 2 aliphatic rings. The van der Waals surface area contributed by atoms with Gasteiger partial charge in [-0.1, -0.05) is 18.9 Å². The SMILES string of the molecule is COc1cccc(N)c1C(=O)N1CCC2CCCCC21. The maximum Gasteiger partial charge on any atom is 0.259 e. The van der Waals surface area contributed by atoms with Crippen LogP contribution >= 0.6 is 0 Å². The Bertz CT molecular complexity index is 515. The molecular formula is C16H22N2O2. The van der Waals surface area contributed by atoms with Gasteiger partial charge in [0.1, 0.15) is 11.3 Å². The van der Waals surface area contributed by atoms with E-state index in [4.69, 9.17) is 10.5 Å². The maximum absolute atomic E-state index is 12.9. The molecule has 1 aromatic carbocycles. The molecule has 108 valence electrons. The summed E-state index contributed by atoms with van der Waals surface area (Å²) in [7, 11) is 1.58. The van der Waals surface area contributed by atoms with E-state index in [2.05, 4.69) is 0 Å². The molecule has 2 atom stereocenters. The Morgan fingerprint density at radius 1 is 1.30 bits per heavy atom. The van der Waals surface area contributed by atoms with E-state index < -0.39 is 0 Å². The summed E-state index contributed by atoms with van der Waals surface area (Å²) in [4.78, 5) is 14.9. The quantitative estimate of drug-likeness (QED) is 0.844. The number of hydrogen-bond acceptors (Lipinski definition) is 3. The summed E-state index contributed by atoms with van der Waals surface area (Å²) in [6.07, 6.45) is 6.05. The molecule has 0 radical (unpaired) electrons. The number of nitrogen functional groups attached to an aromatic ring is 1. The third kappa shape index (κ3) is 2.13. The highest BCUT2D eigenvalue weighted by atomic mass is 16.5. The van der Waals surface area contributed by atoms with Gasteiger partial charge in [-0.2, -0.15) is 0 Å². The average Bonchev–Trinajstić information content (AvgIpc) is 2.90. The molecule has 1 heterocycles. The van der Waals surface area contributed by atoms with Crippen molar-refractivity contribution in [1.29, 1.82) is 0 Å². The Morgan fingerprint density at radius 3 is 2.90 bits per heavy atom. The zero-order valence-electron chi connectivity index (χ0n) is 12.0. The van der Waals surface area contributed by atoms with Gasteiger partial charge in [0, 0.05) is 18.3 Å². The Morgan fingerprint density at radius 2 is 2.10 bits per heavy atom. The highest BCUT2D eigenvalue weighted by Gasteiger charge is 2.39. The predicted octanol–water partition coefficient (Wildman–Crippen LogP) is 2.68. The van der Waals surface area contributed by atoms with E-state index in [1.54, 1.807) is 19.2 Å². The van der Waals surface area contributed by atoms with Crippen molar-refractivity contribution < 1.29 is 9.53 Å². The summed E-state index contributed by atoms with van der Waals surface area (Å²) in [5, 5.41) is 0. The fraction of sp³-hybridized carbons (Fsp3) is 0.562. The molecule has 4 heteroatoms. The number of anilines is 1. The zero-order valence-corrected chi connectivity index (χ0v) is 12.0. The molecule has 0 bridgehead atoms. The maximum atomic E-state index is 12.9. The number of fused-ring (bicyclic) bond motifs is 1. The summed E-state index contributed by atoms with van der Waals surface area (Å²) in [6.45, 7) is 0.853. The number of ether oxygens (including phenoxy) is 1. The van der Waals surface area contributed by atoms with Gasteiger partial charge in [-0.05, 0) is 37.3 Å². The second kappa shape index (κ2) is 5.35. The zero-order chi connectivity index (χ0) is 14.1. The van der Waals surface area contributed by atoms with Crippen molar-refractivity contribution in [1.82, 2.24) is 4.90 Å². The van der Waals surface area contributed by atoms with E-state index in [0.29, 0.717) is 29.0 Å². The number of carbonyl (C=O) groups is 1. The van der Waals surface area contributed by atoms with Crippen molar-refractivity contribution >= 4 is 11.6 Å². The van der Waals surface area contributed by atoms with Gasteiger partial charge in [0.2, 0.25) is 0 Å². The fourth-order valence-corrected chi connectivity index (χ4v) is 3.75. The highest BCUT2D eigenvalue weighted by Crippen LogP contribution is 2.38. The predicted molar refractivity (Wildman–Crippen MR) is 78.8 cm³/mol. The molecule has 2 unspecified atom stereocenters. The summed E-state index contributed by atoms with van der Waals surface area (Å²) in [5.74, 6) is 1.30. The molecule has 1 aromatic rings. The van der Waals surface area contributed by atoms with Gasteiger partial charge in [-0.25, -0.2) is 0 Å². The second-order valence-electron chi connectivity index (χ2n) is 5.82. The summed E-state index contributed by atoms with van der Waals surface area (Å²) in [5.41, 5.74) is 7.04. The average molecular weight is 274 g/mol. The van der Waals surface area contributed by atoms with Crippen molar-refractivity contribution in [2.24, 2.45) is 5.92 Å². The van der Waals surface area contributed by atoms with Crippen molar-refractivity contribution in [3.8, 4) is 5.75 Å². The van der Waals surface area contributed by atoms with E-state index in [1.165, 1.54) is 19.3 Å². The number of amides is 1. The van der Waals surface area contributed by atoms with Crippen LogP contribution in [0.15, 0.2) is 18.2 Å². The number of rotatable bonds is 2. The molecule has 1 aliphatic carbocycles. The lowest BCUT2D eigenvalue weighted by atomic mass is 9.85. The van der Waals surface area contributed by atoms with Gasteiger partial charge < -0.3 is 15.4 Å². The molecule has 0 aromatic heterocycles. The Hall–Kier alpha value is -1.71. The number of nitrogens with zero attached hydrogens (tertiary/aromatic N) is 1. The van der Waals surface area contributed by atoms with E-state index in [9.17, 15) is 4.79 Å². The summed E-state index contributed by atoms with van der Waals surface area (Å²) >= 11 is 0. The normalized spacial score (nSPS) is 25.4. The largest absolute Gasteiger partial charge is 0.496 e. The molecule has 2 N–H and O–H groups in total. The van der Waals surface area contributed by atoms with Crippen LogP contribution in [0.3, 0.4) is 0 Å². The summed E-state index contributed by atoms with van der Waals surface area (Å²) < 4.78 is 5.32. The Balaban J connectivity index is 1.89. The van der Waals surface area contributed by atoms with Crippen LogP contribution in [-0.4, -0.2) is 30.5 Å². The minimum Gasteiger partial charge on any atom is -0.496 e. The van der Waals surface area contributed by atoms with E-state index >= 15 is 0 Å². The topological polar surface area (TPSA) is 55.6 Å². The van der Waals surface area contributed by atoms with Crippen molar-refractivity contribution in [2.45, 2.75) is 38.1 Å². The third-order valence-electron chi connectivity index (χ3n) is 4.76. The first-order valence-corrected chi connectivity index (χ1v) is 7.46. The third-order valence-corrected chi connectivity index (χ3v) is 4.76. The molecule has 1 aliphatic heterocycles. The lowest BCUT2D eigenvalue weighted by Gasteiger charge is -2.32. The van der Waals surface area contributed by atoms with Gasteiger partial charge in [-0.3, -0.25) is 4.79 Å². The molecule has 3 rings (SSSR count). The number of methoxy groups -OCH3 is 1. The minimum absolute atomic E-state index is 0.0364. The molecule has 1 amide bonds. The van der Waals surface area contributed by atoms with Crippen LogP contribution in [0.4, 0.5) is 5.69 Å². The van der Waals surface area contributed by atoms with E-state index in [0.717, 1.165) is 19.4 Å². The number of nitrogens with two attached hydrogens (primary N) is 1. The molecule has 1 saturated carbocycles. The molecule has 0 spiro atoms. The van der Waals surface area contributed by atoms with Crippen LogP contribution in [0.25, 0.3) is 0 Å². The Labute approximate surface area is 119 Å². The molecule has 1 saturated heterocycles. The lowest BCUT2D eigenvalue weighted by Crippen LogP contribution is -2.39. The highest BCUT2D eigenvalue weighted by molar-refractivity contribution is 6.02. The number of hydrogen-bond donors (Lipinski definition) is 1.